The van der Waals surface area contributed by atoms with E-state index in [4.69, 9.17) is 0 Å². The van der Waals surface area contributed by atoms with Crippen LogP contribution in [0.25, 0.3) is 0 Å². The average molecular weight is 426 g/mol. The topological polar surface area (TPSA) is 60.9 Å². The Bertz CT molecular complexity index is 1050. The van der Waals surface area contributed by atoms with E-state index < -0.39 is 21.1 Å². The quantitative estimate of drug-likeness (QED) is 0.689. The summed E-state index contributed by atoms with van der Waals surface area (Å²) < 4.78 is 27.3. The van der Waals surface area contributed by atoms with E-state index in [1.807, 2.05) is 48.5 Å². The zero-order valence-electron chi connectivity index (χ0n) is 17.2. The van der Waals surface area contributed by atoms with Crippen LogP contribution < -0.4 is 0 Å². The lowest BCUT2D eigenvalue weighted by Gasteiger charge is -2.58. The minimum atomic E-state index is -3.51. The van der Waals surface area contributed by atoms with Crippen molar-refractivity contribution >= 4 is 15.9 Å². The number of carbonyl (C=O) groups is 1. The molecule has 3 fully saturated rings. The molecular formula is C23H27N3O3S. The maximum Gasteiger partial charge on any atom is 0.246 e. The molecule has 7 heteroatoms. The van der Waals surface area contributed by atoms with Crippen molar-refractivity contribution in [3.8, 4) is 0 Å². The number of amides is 1. The minimum Gasteiger partial charge on any atom is -0.334 e. The molecule has 30 heavy (non-hydrogen) atoms. The van der Waals surface area contributed by atoms with Crippen LogP contribution >= 0.6 is 0 Å². The number of hydrogen-bond donors (Lipinski definition) is 0. The van der Waals surface area contributed by atoms with Gasteiger partial charge in [0, 0.05) is 32.7 Å². The molecule has 2 aromatic rings. The highest BCUT2D eigenvalue weighted by Gasteiger charge is 2.70. The molecule has 1 atom stereocenters. The van der Waals surface area contributed by atoms with Gasteiger partial charge < -0.3 is 4.90 Å². The lowest BCUT2D eigenvalue weighted by Crippen LogP contribution is -2.79. The zero-order chi connectivity index (χ0) is 21.0. The lowest BCUT2D eigenvalue weighted by atomic mass is 9.86. The van der Waals surface area contributed by atoms with Crippen molar-refractivity contribution in [3.63, 3.8) is 0 Å². The molecule has 1 amide bonds. The van der Waals surface area contributed by atoms with E-state index in [2.05, 4.69) is 17.0 Å². The highest BCUT2D eigenvalue weighted by molar-refractivity contribution is 7.88. The molecule has 3 heterocycles. The summed E-state index contributed by atoms with van der Waals surface area (Å²) >= 11 is 0. The molecule has 0 saturated carbocycles. The maximum atomic E-state index is 13.3. The standard InChI is InChI=1S/C23H27N3O3S/c1-30(28,29)26-22(16-24(17-22)14-19-8-4-2-5-9-19)12-13-23(26)18-25(21(23)27)15-20-10-6-3-7-11-20/h2-11H,12-18H2,1H3. The first-order chi connectivity index (χ1) is 14.3. The first kappa shape index (κ1) is 19.7. The molecule has 0 bridgehead atoms. The third kappa shape index (κ3) is 3.07. The van der Waals surface area contributed by atoms with Gasteiger partial charge >= 0.3 is 0 Å². The Balaban J connectivity index is 1.33. The first-order valence-corrected chi connectivity index (χ1v) is 12.3. The van der Waals surface area contributed by atoms with E-state index >= 15 is 0 Å². The van der Waals surface area contributed by atoms with Crippen LogP contribution in [-0.2, 0) is 27.9 Å². The van der Waals surface area contributed by atoms with E-state index in [0.29, 0.717) is 32.6 Å². The lowest BCUT2D eigenvalue weighted by molar-refractivity contribution is -0.163. The molecule has 2 spiro atoms. The first-order valence-electron chi connectivity index (χ1n) is 10.4. The van der Waals surface area contributed by atoms with Crippen LogP contribution in [0.15, 0.2) is 60.7 Å². The SMILES string of the molecule is CS(=O)(=O)N1C2(CCC13CN(Cc1ccccc1)C3=O)CN(Cc1ccccc1)C2. The van der Waals surface area contributed by atoms with Gasteiger partial charge in [0.2, 0.25) is 15.9 Å². The van der Waals surface area contributed by atoms with Gasteiger partial charge in [0.15, 0.2) is 0 Å². The van der Waals surface area contributed by atoms with Crippen molar-refractivity contribution in [2.45, 2.75) is 37.0 Å². The number of likely N-dealkylation sites (tertiary alicyclic amines) is 2. The van der Waals surface area contributed by atoms with Crippen LogP contribution in [0, 0.1) is 0 Å². The summed E-state index contributed by atoms with van der Waals surface area (Å²) in [6.45, 7) is 3.19. The predicted octanol–water partition coefficient (Wildman–Crippen LogP) is 2.08. The second-order valence-corrected chi connectivity index (χ2v) is 10.9. The Morgan fingerprint density at radius 3 is 1.93 bits per heavy atom. The number of benzene rings is 2. The third-order valence-corrected chi connectivity index (χ3v) is 8.19. The summed E-state index contributed by atoms with van der Waals surface area (Å²) in [7, 11) is -3.51. The van der Waals surface area contributed by atoms with Gasteiger partial charge in [-0.2, -0.15) is 4.31 Å². The fourth-order valence-electron chi connectivity index (χ4n) is 5.72. The molecule has 1 unspecified atom stereocenters. The van der Waals surface area contributed by atoms with Crippen molar-refractivity contribution in [3.05, 3.63) is 71.8 Å². The summed E-state index contributed by atoms with van der Waals surface area (Å²) in [6.07, 6.45) is 2.62. The molecular weight excluding hydrogens is 398 g/mol. The summed E-state index contributed by atoms with van der Waals surface area (Å²) in [6, 6.07) is 20.1. The second kappa shape index (κ2) is 6.90. The molecule has 3 aliphatic heterocycles. The molecule has 3 saturated heterocycles. The predicted molar refractivity (Wildman–Crippen MR) is 115 cm³/mol. The van der Waals surface area contributed by atoms with E-state index in [-0.39, 0.29) is 5.91 Å². The maximum absolute atomic E-state index is 13.3. The Morgan fingerprint density at radius 1 is 0.833 bits per heavy atom. The second-order valence-electron chi connectivity index (χ2n) is 9.06. The number of β-lactam (4-membered cyclic amide) rings is 1. The van der Waals surface area contributed by atoms with Gasteiger partial charge in [0.25, 0.3) is 0 Å². The van der Waals surface area contributed by atoms with Crippen LogP contribution in [0.4, 0.5) is 0 Å². The van der Waals surface area contributed by atoms with E-state index in [1.54, 1.807) is 9.21 Å². The normalized spacial score (nSPS) is 26.2. The third-order valence-electron chi connectivity index (χ3n) is 6.79. The van der Waals surface area contributed by atoms with Gasteiger partial charge in [-0.15, -0.1) is 0 Å². The molecule has 158 valence electrons. The van der Waals surface area contributed by atoms with Gasteiger partial charge in [-0.25, -0.2) is 8.42 Å². The van der Waals surface area contributed by atoms with Crippen LogP contribution in [-0.4, -0.2) is 65.4 Å². The van der Waals surface area contributed by atoms with E-state index in [1.165, 1.54) is 11.8 Å². The van der Waals surface area contributed by atoms with Crippen LogP contribution in [0.3, 0.4) is 0 Å². The van der Waals surface area contributed by atoms with Gasteiger partial charge in [-0.1, -0.05) is 60.7 Å². The van der Waals surface area contributed by atoms with Gasteiger partial charge in [0.05, 0.1) is 11.8 Å². The average Bonchev–Trinajstić information content (AvgIpc) is 3.07. The number of nitrogens with zero attached hydrogens (tertiary/aromatic N) is 3. The zero-order valence-corrected chi connectivity index (χ0v) is 18.0. The van der Waals surface area contributed by atoms with Crippen molar-refractivity contribution in [2.75, 3.05) is 25.9 Å². The molecule has 6 nitrogen and oxygen atoms in total. The fourth-order valence-corrected chi connectivity index (χ4v) is 7.49. The number of hydrogen-bond acceptors (Lipinski definition) is 4. The highest BCUT2D eigenvalue weighted by atomic mass is 32.2. The van der Waals surface area contributed by atoms with E-state index in [9.17, 15) is 13.2 Å². The molecule has 2 aromatic carbocycles. The van der Waals surface area contributed by atoms with Crippen molar-refractivity contribution < 1.29 is 13.2 Å². The molecule has 5 rings (SSSR count). The minimum absolute atomic E-state index is 0.0461. The fraction of sp³-hybridized carbons (Fsp3) is 0.435. The van der Waals surface area contributed by atoms with Crippen molar-refractivity contribution in [1.29, 1.82) is 0 Å². The van der Waals surface area contributed by atoms with Gasteiger partial charge in [-0.05, 0) is 24.0 Å². The molecule has 0 aliphatic carbocycles. The number of rotatable bonds is 5. The smallest absolute Gasteiger partial charge is 0.246 e. The monoisotopic (exact) mass is 425 g/mol. The van der Waals surface area contributed by atoms with Gasteiger partial charge in [0.1, 0.15) is 5.54 Å². The summed E-state index contributed by atoms with van der Waals surface area (Å²) in [5.41, 5.74) is 0.953. The summed E-state index contributed by atoms with van der Waals surface area (Å²) in [5.74, 6) is -0.0461. The molecule has 0 N–H and O–H groups in total. The molecule has 3 aliphatic rings. The van der Waals surface area contributed by atoms with E-state index in [0.717, 1.165) is 18.5 Å². The van der Waals surface area contributed by atoms with Crippen LogP contribution in [0.1, 0.15) is 24.0 Å². The Kier molecular flexibility index (Phi) is 4.54. The largest absolute Gasteiger partial charge is 0.334 e. The Hall–Kier alpha value is -2.22. The Morgan fingerprint density at radius 2 is 1.40 bits per heavy atom. The van der Waals surface area contributed by atoms with Crippen molar-refractivity contribution in [1.82, 2.24) is 14.1 Å². The number of carbonyl (C=O) groups excluding carboxylic acids is 1. The van der Waals surface area contributed by atoms with Gasteiger partial charge in [-0.3, -0.25) is 9.69 Å². The Labute approximate surface area is 178 Å². The summed E-state index contributed by atoms with van der Waals surface area (Å²) in [5, 5.41) is 0. The van der Waals surface area contributed by atoms with Crippen LogP contribution in [0.5, 0.6) is 0 Å². The summed E-state index contributed by atoms with van der Waals surface area (Å²) in [4.78, 5) is 17.3. The number of sulfonamides is 1. The van der Waals surface area contributed by atoms with Crippen molar-refractivity contribution in [2.24, 2.45) is 0 Å². The highest BCUT2D eigenvalue weighted by Crippen LogP contribution is 2.52. The molecule has 0 radical (unpaired) electrons. The van der Waals surface area contributed by atoms with Crippen LogP contribution in [0.2, 0.25) is 0 Å². The molecule has 0 aromatic heterocycles.